The van der Waals surface area contributed by atoms with Gasteiger partial charge in [0.05, 0.1) is 35.2 Å². The van der Waals surface area contributed by atoms with Gasteiger partial charge in [-0.3, -0.25) is 0 Å². The largest absolute Gasteiger partial charge is 0.497 e. The van der Waals surface area contributed by atoms with E-state index in [0.29, 0.717) is 30.5 Å². The van der Waals surface area contributed by atoms with Gasteiger partial charge >= 0.3 is 18.3 Å². The Hall–Kier alpha value is -2.75. The Morgan fingerprint density at radius 2 is 1.75 bits per heavy atom. The summed E-state index contributed by atoms with van der Waals surface area (Å²) in [6, 6.07) is 1.35. The van der Waals surface area contributed by atoms with Gasteiger partial charge in [0.2, 0.25) is 0 Å². The monoisotopic (exact) mass is 462 g/mol. The van der Waals surface area contributed by atoms with Gasteiger partial charge in [0.1, 0.15) is 6.61 Å². The average Bonchev–Trinajstić information content (AvgIpc) is 2.72. The van der Waals surface area contributed by atoms with Crippen molar-refractivity contribution in [1.29, 1.82) is 0 Å². The Kier molecular flexibility index (Phi) is 6.73. The number of aliphatic carboxylic acids is 1. The van der Waals surface area contributed by atoms with Crippen LogP contribution >= 0.6 is 0 Å². The van der Waals surface area contributed by atoms with E-state index in [0.717, 1.165) is 0 Å². The van der Waals surface area contributed by atoms with E-state index in [9.17, 15) is 36.2 Å². The summed E-state index contributed by atoms with van der Waals surface area (Å²) < 4.78 is 90.2. The SMILES string of the molecule is C[C@@H](OC1CCC=CC1C1=C(C(=O)O)C=COC1)c1cc(C(F)(F)F)cc(C(F)(F)F)c1. The summed E-state index contributed by atoms with van der Waals surface area (Å²) in [7, 11) is 0. The van der Waals surface area contributed by atoms with E-state index in [1.807, 2.05) is 6.08 Å². The van der Waals surface area contributed by atoms with Gasteiger partial charge in [0.25, 0.3) is 0 Å². The molecule has 10 heteroatoms. The van der Waals surface area contributed by atoms with Crippen molar-refractivity contribution in [2.75, 3.05) is 6.61 Å². The molecular weight excluding hydrogens is 442 g/mol. The summed E-state index contributed by atoms with van der Waals surface area (Å²) in [5.41, 5.74) is -2.66. The molecule has 0 bridgehead atoms. The van der Waals surface area contributed by atoms with Crippen LogP contribution < -0.4 is 0 Å². The average molecular weight is 462 g/mol. The van der Waals surface area contributed by atoms with Crippen LogP contribution in [0.3, 0.4) is 0 Å². The summed E-state index contributed by atoms with van der Waals surface area (Å²) in [4.78, 5) is 11.6. The molecule has 4 nitrogen and oxygen atoms in total. The maximum atomic E-state index is 13.2. The molecule has 2 aliphatic rings. The lowest BCUT2D eigenvalue weighted by Crippen LogP contribution is -2.31. The highest BCUT2D eigenvalue weighted by molar-refractivity contribution is 5.91. The van der Waals surface area contributed by atoms with Gasteiger partial charge in [0, 0.05) is 5.92 Å². The summed E-state index contributed by atoms with van der Waals surface area (Å²) in [5, 5.41) is 9.46. The molecule has 1 N–H and O–H groups in total. The molecule has 0 radical (unpaired) electrons. The quantitative estimate of drug-likeness (QED) is 0.427. The highest BCUT2D eigenvalue weighted by atomic mass is 19.4. The lowest BCUT2D eigenvalue weighted by atomic mass is 9.83. The highest BCUT2D eigenvalue weighted by Gasteiger charge is 2.38. The Labute approximate surface area is 179 Å². The molecule has 174 valence electrons. The third-order valence-electron chi connectivity index (χ3n) is 5.37. The van der Waals surface area contributed by atoms with Crippen molar-refractivity contribution in [2.45, 2.75) is 44.3 Å². The Morgan fingerprint density at radius 3 is 2.31 bits per heavy atom. The predicted molar refractivity (Wildman–Crippen MR) is 101 cm³/mol. The molecule has 0 fully saturated rings. The van der Waals surface area contributed by atoms with Crippen LogP contribution in [0.15, 0.2) is 53.8 Å². The van der Waals surface area contributed by atoms with Crippen molar-refractivity contribution < 1.29 is 45.7 Å². The number of carboxylic acid groups (broad SMARTS) is 1. The highest BCUT2D eigenvalue weighted by Crippen LogP contribution is 2.39. The number of hydrogen-bond donors (Lipinski definition) is 1. The van der Waals surface area contributed by atoms with Crippen molar-refractivity contribution in [3.05, 3.63) is 70.5 Å². The molecule has 32 heavy (non-hydrogen) atoms. The maximum absolute atomic E-state index is 13.2. The first-order valence-corrected chi connectivity index (χ1v) is 9.74. The van der Waals surface area contributed by atoms with Crippen LogP contribution in [-0.4, -0.2) is 23.8 Å². The number of allylic oxidation sites excluding steroid dienone is 1. The molecule has 1 aromatic rings. The zero-order valence-electron chi connectivity index (χ0n) is 16.8. The minimum absolute atomic E-state index is 0.0108. The van der Waals surface area contributed by atoms with Crippen molar-refractivity contribution >= 4 is 5.97 Å². The minimum Gasteiger partial charge on any atom is -0.497 e. The van der Waals surface area contributed by atoms with Gasteiger partial charge in [-0.05, 0) is 55.2 Å². The maximum Gasteiger partial charge on any atom is 0.416 e. The first kappa shape index (κ1) is 23.9. The summed E-state index contributed by atoms with van der Waals surface area (Å²) in [6.45, 7) is 1.36. The summed E-state index contributed by atoms with van der Waals surface area (Å²) in [5.74, 6) is -1.71. The normalized spacial score (nSPS) is 22.6. The van der Waals surface area contributed by atoms with E-state index in [1.165, 1.54) is 19.3 Å². The van der Waals surface area contributed by atoms with Gasteiger partial charge in [0.15, 0.2) is 0 Å². The number of rotatable bonds is 5. The molecule has 3 atom stereocenters. The molecule has 0 saturated heterocycles. The van der Waals surface area contributed by atoms with Crippen LogP contribution in [0.1, 0.15) is 42.6 Å². The zero-order valence-corrected chi connectivity index (χ0v) is 16.8. The van der Waals surface area contributed by atoms with Crippen LogP contribution in [0, 0.1) is 5.92 Å². The Bertz CT molecular complexity index is 926. The molecule has 1 heterocycles. The van der Waals surface area contributed by atoms with E-state index in [-0.39, 0.29) is 23.8 Å². The van der Waals surface area contributed by atoms with E-state index >= 15 is 0 Å². The van der Waals surface area contributed by atoms with Gasteiger partial charge in [-0.2, -0.15) is 26.3 Å². The van der Waals surface area contributed by atoms with Crippen LogP contribution in [0.2, 0.25) is 0 Å². The molecule has 1 aromatic carbocycles. The third kappa shape index (κ3) is 5.35. The van der Waals surface area contributed by atoms with Gasteiger partial charge < -0.3 is 14.6 Å². The second kappa shape index (κ2) is 9.01. The molecule has 2 unspecified atom stereocenters. The summed E-state index contributed by atoms with van der Waals surface area (Å²) >= 11 is 0. The standard InChI is InChI=1S/C22H20F6O4/c1-12(13-8-14(21(23,24)25)10-15(9-13)22(26,27)28)32-19-5-3-2-4-16(19)18-11-31-7-6-17(18)20(29)30/h2,4,6-10,12,16,19H,3,5,11H2,1H3,(H,29,30)/t12-,16?,19?/m1/s1. The molecule has 0 saturated carbocycles. The van der Waals surface area contributed by atoms with E-state index < -0.39 is 47.6 Å². The number of ether oxygens (including phenoxy) is 2. The topological polar surface area (TPSA) is 55.8 Å². The predicted octanol–water partition coefficient (Wildman–Crippen LogP) is 6.06. The summed E-state index contributed by atoms with van der Waals surface area (Å²) in [6.07, 6.45) is -4.60. The molecule has 3 rings (SSSR count). The fourth-order valence-corrected chi connectivity index (χ4v) is 3.78. The molecule has 0 spiro atoms. The number of alkyl halides is 6. The number of carbonyl (C=O) groups is 1. The second-order valence-corrected chi connectivity index (χ2v) is 7.55. The molecule has 1 aliphatic heterocycles. The fraction of sp³-hybridized carbons (Fsp3) is 0.409. The first-order valence-electron chi connectivity index (χ1n) is 9.74. The minimum atomic E-state index is -4.96. The Balaban J connectivity index is 1.93. The van der Waals surface area contributed by atoms with Crippen molar-refractivity contribution in [2.24, 2.45) is 5.92 Å². The third-order valence-corrected chi connectivity index (χ3v) is 5.37. The van der Waals surface area contributed by atoms with E-state index in [2.05, 4.69) is 0 Å². The van der Waals surface area contributed by atoms with Crippen molar-refractivity contribution in [3.8, 4) is 0 Å². The van der Waals surface area contributed by atoms with Crippen molar-refractivity contribution in [1.82, 2.24) is 0 Å². The molecule has 1 aliphatic carbocycles. The van der Waals surface area contributed by atoms with Crippen molar-refractivity contribution in [3.63, 3.8) is 0 Å². The smallest absolute Gasteiger partial charge is 0.416 e. The van der Waals surface area contributed by atoms with Gasteiger partial charge in [-0.1, -0.05) is 12.2 Å². The number of benzene rings is 1. The Morgan fingerprint density at radius 1 is 1.12 bits per heavy atom. The molecular formula is C22H20F6O4. The van der Waals surface area contributed by atoms with Gasteiger partial charge in [-0.25, -0.2) is 4.79 Å². The lowest BCUT2D eigenvalue weighted by Gasteiger charge is -2.33. The van der Waals surface area contributed by atoms with E-state index in [1.54, 1.807) is 6.08 Å². The van der Waals surface area contributed by atoms with Crippen LogP contribution in [0.25, 0.3) is 0 Å². The lowest BCUT2D eigenvalue weighted by molar-refractivity contribution is -0.143. The molecule has 0 amide bonds. The number of halogens is 6. The number of hydrogen-bond acceptors (Lipinski definition) is 3. The van der Waals surface area contributed by atoms with E-state index in [4.69, 9.17) is 9.47 Å². The van der Waals surface area contributed by atoms with Gasteiger partial charge in [-0.15, -0.1) is 0 Å². The second-order valence-electron chi connectivity index (χ2n) is 7.55. The molecule has 0 aromatic heterocycles. The number of carboxylic acids is 1. The zero-order chi connectivity index (χ0) is 23.7. The van der Waals surface area contributed by atoms with Crippen LogP contribution in [-0.2, 0) is 26.6 Å². The fourth-order valence-electron chi connectivity index (χ4n) is 3.78. The van der Waals surface area contributed by atoms with Crippen LogP contribution in [0.5, 0.6) is 0 Å². The van der Waals surface area contributed by atoms with Crippen LogP contribution in [0.4, 0.5) is 26.3 Å². The first-order chi connectivity index (χ1) is 14.9.